The van der Waals surface area contributed by atoms with Crippen molar-refractivity contribution >= 4 is 17.7 Å². The maximum absolute atomic E-state index is 13.3. The van der Waals surface area contributed by atoms with Gasteiger partial charge in [0, 0.05) is 17.9 Å². The van der Waals surface area contributed by atoms with Gasteiger partial charge >= 0.3 is 0 Å². The van der Waals surface area contributed by atoms with Crippen molar-refractivity contribution in [2.24, 2.45) is 0 Å². The number of hydrogen-bond acceptors (Lipinski definition) is 5. The van der Waals surface area contributed by atoms with Crippen LogP contribution in [-0.2, 0) is 10.5 Å². The first-order valence-corrected chi connectivity index (χ1v) is 9.69. The van der Waals surface area contributed by atoms with Crippen molar-refractivity contribution in [2.75, 3.05) is 12.9 Å². The molecule has 0 aromatic heterocycles. The molecule has 5 nitrogen and oxygen atoms in total. The molecule has 1 fully saturated rings. The summed E-state index contributed by atoms with van der Waals surface area (Å²) in [4.78, 5) is 14.3. The lowest BCUT2D eigenvalue weighted by Crippen LogP contribution is -2.48. The molecule has 0 aliphatic carbocycles. The van der Waals surface area contributed by atoms with Gasteiger partial charge in [-0.15, -0.1) is 11.8 Å². The number of methoxy groups -OCH3 is 1. The molecule has 2 aromatic rings. The summed E-state index contributed by atoms with van der Waals surface area (Å²) in [5, 5.41) is 21.6. The molecule has 1 saturated heterocycles. The molecule has 142 valence electrons. The standard InChI is InChI=1S/C21H17FN2O3S/c1-27-16-8-4-14(5-9-16)21(26)12-28-20-18(11-23)17(10-19(25)24(20)21)13-2-6-15(22)7-3-13/h2-9,17,26H,10,12H2,1H3/t17-,21-/m1/s1. The van der Waals surface area contributed by atoms with Gasteiger partial charge in [-0.05, 0) is 29.8 Å². The van der Waals surface area contributed by atoms with Gasteiger partial charge in [0.1, 0.15) is 11.6 Å². The second kappa shape index (κ2) is 6.97. The number of carbonyl (C=O) groups is 1. The number of amides is 1. The molecular formula is C21H17FN2O3S. The molecule has 2 atom stereocenters. The highest BCUT2D eigenvalue weighted by atomic mass is 32.2. The van der Waals surface area contributed by atoms with E-state index in [1.165, 1.54) is 28.8 Å². The van der Waals surface area contributed by atoms with Gasteiger partial charge < -0.3 is 9.84 Å². The molecule has 2 aliphatic rings. The molecule has 2 heterocycles. The van der Waals surface area contributed by atoms with Gasteiger partial charge in [0.2, 0.25) is 5.91 Å². The topological polar surface area (TPSA) is 73.6 Å². The van der Waals surface area contributed by atoms with Crippen LogP contribution in [0.25, 0.3) is 0 Å². The van der Waals surface area contributed by atoms with Gasteiger partial charge in [0.15, 0.2) is 5.72 Å². The molecule has 0 unspecified atom stereocenters. The van der Waals surface area contributed by atoms with Crippen LogP contribution >= 0.6 is 11.8 Å². The van der Waals surface area contributed by atoms with Crippen LogP contribution in [0.1, 0.15) is 23.5 Å². The van der Waals surface area contributed by atoms with Gasteiger partial charge in [-0.2, -0.15) is 5.26 Å². The van der Waals surface area contributed by atoms with Crippen molar-refractivity contribution < 1.29 is 19.0 Å². The number of rotatable bonds is 3. The Morgan fingerprint density at radius 1 is 1.25 bits per heavy atom. The van der Waals surface area contributed by atoms with Crippen molar-refractivity contribution in [3.05, 3.63) is 76.1 Å². The minimum Gasteiger partial charge on any atom is -0.497 e. The molecular weight excluding hydrogens is 379 g/mol. The summed E-state index contributed by atoms with van der Waals surface area (Å²) in [5.41, 5.74) is 0.153. The predicted octanol–water partition coefficient (Wildman–Crippen LogP) is 3.48. The number of carbonyl (C=O) groups excluding carboxylic acids is 1. The summed E-state index contributed by atoms with van der Waals surface area (Å²) in [7, 11) is 1.55. The van der Waals surface area contributed by atoms with E-state index < -0.39 is 11.6 Å². The Balaban J connectivity index is 1.77. The Bertz CT molecular complexity index is 998. The van der Waals surface area contributed by atoms with E-state index in [1.54, 1.807) is 43.5 Å². The summed E-state index contributed by atoms with van der Waals surface area (Å²) in [5.74, 6) is -0.223. The van der Waals surface area contributed by atoms with Crippen LogP contribution < -0.4 is 4.74 Å². The Morgan fingerprint density at radius 3 is 2.54 bits per heavy atom. The average molecular weight is 396 g/mol. The summed E-state index contributed by atoms with van der Waals surface area (Å²) >= 11 is 1.28. The first-order chi connectivity index (χ1) is 13.5. The highest BCUT2D eigenvalue weighted by Gasteiger charge is 2.51. The monoisotopic (exact) mass is 396 g/mol. The molecule has 28 heavy (non-hydrogen) atoms. The van der Waals surface area contributed by atoms with E-state index in [1.807, 2.05) is 0 Å². The molecule has 0 saturated carbocycles. The summed E-state index contributed by atoms with van der Waals surface area (Å²) < 4.78 is 18.4. The second-order valence-corrected chi connectivity index (χ2v) is 7.67. The SMILES string of the molecule is COc1ccc([C@]2(O)CSC3=C(C#N)[C@@H](c4ccc(F)cc4)CC(=O)N32)cc1. The summed E-state index contributed by atoms with van der Waals surface area (Å²) in [6.45, 7) is 0. The third-order valence-electron chi connectivity index (χ3n) is 5.14. The lowest BCUT2D eigenvalue weighted by atomic mass is 9.85. The third kappa shape index (κ3) is 2.86. The molecule has 7 heteroatoms. The third-order valence-corrected chi connectivity index (χ3v) is 6.36. The first kappa shape index (κ1) is 18.5. The maximum Gasteiger partial charge on any atom is 0.231 e. The summed E-state index contributed by atoms with van der Waals surface area (Å²) in [6, 6.07) is 14.9. The van der Waals surface area contributed by atoms with Crippen LogP contribution in [0.5, 0.6) is 5.75 Å². The van der Waals surface area contributed by atoms with Crippen LogP contribution in [-0.4, -0.2) is 28.8 Å². The highest BCUT2D eigenvalue weighted by molar-refractivity contribution is 8.03. The minimum absolute atomic E-state index is 0.0387. The number of ether oxygens (including phenoxy) is 1. The molecule has 0 bridgehead atoms. The Morgan fingerprint density at radius 2 is 1.93 bits per heavy atom. The predicted molar refractivity (Wildman–Crippen MR) is 103 cm³/mol. The fourth-order valence-corrected chi connectivity index (χ4v) is 5.04. The maximum atomic E-state index is 13.3. The van der Waals surface area contributed by atoms with E-state index in [-0.39, 0.29) is 23.9 Å². The largest absolute Gasteiger partial charge is 0.497 e. The fourth-order valence-electron chi connectivity index (χ4n) is 3.68. The first-order valence-electron chi connectivity index (χ1n) is 8.70. The molecule has 0 radical (unpaired) electrons. The van der Waals surface area contributed by atoms with Gasteiger partial charge in [-0.3, -0.25) is 9.69 Å². The van der Waals surface area contributed by atoms with Crippen molar-refractivity contribution in [3.8, 4) is 11.8 Å². The Hall–Kier alpha value is -2.82. The lowest BCUT2D eigenvalue weighted by Gasteiger charge is -2.38. The zero-order chi connectivity index (χ0) is 19.9. The second-order valence-electron chi connectivity index (χ2n) is 6.70. The van der Waals surface area contributed by atoms with Gasteiger partial charge in [-0.25, -0.2) is 4.39 Å². The minimum atomic E-state index is -1.53. The van der Waals surface area contributed by atoms with E-state index in [0.717, 1.165) is 0 Å². The molecule has 1 amide bonds. The van der Waals surface area contributed by atoms with Gasteiger partial charge in [0.25, 0.3) is 0 Å². The average Bonchev–Trinajstić information content (AvgIpc) is 3.08. The zero-order valence-electron chi connectivity index (χ0n) is 15.1. The zero-order valence-corrected chi connectivity index (χ0v) is 15.9. The number of aliphatic hydroxyl groups is 1. The highest BCUT2D eigenvalue weighted by Crippen LogP contribution is 2.51. The van der Waals surface area contributed by atoms with E-state index in [9.17, 15) is 19.6 Å². The number of nitriles is 1. The summed E-state index contributed by atoms with van der Waals surface area (Å²) in [6.07, 6.45) is 0.0387. The lowest BCUT2D eigenvalue weighted by molar-refractivity contribution is -0.149. The Labute approximate surface area is 166 Å². The van der Waals surface area contributed by atoms with Crippen LogP contribution in [0.3, 0.4) is 0 Å². The number of nitrogens with zero attached hydrogens (tertiary/aromatic N) is 2. The van der Waals surface area contributed by atoms with Gasteiger partial charge in [0.05, 0.1) is 29.5 Å². The van der Waals surface area contributed by atoms with Crippen molar-refractivity contribution in [1.82, 2.24) is 4.90 Å². The molecule has 2 aromatic carbocycles. The number of thioether (sulfide) groups is 1. The smallest absolute Gasteiger partial charge is 0.231 e. The van der Waals surface area contributed by atoms with E-state index in [4.69, 9.17) is 4.74 Å². The molecule has 4 rings (SSSR count). The van der Waals surface area contributed by atoms with Crippen LogP contribution in [0.4, 0.5) is 4.39 Å². The van der Waals surface area contributed by atoms with Gasteiger partial charge in [-0.1, -0.05) is 24.3 Å². The van der Waals surface area contributed by atoms with Crippen molar-refractivity contribution in [1.29, 1.82) is 5.26 Å². The fraction of sp³-hybridized carbons (Fsp3) is 0.238. The van der Waals surface area contributed by atoms with E-state index in [2.05, 4.69) is 6.07 Å². The van der Waals surface area contributed by atoms with E-state index in [0.29, 0.717) is 27.5 Å². The number of hydrogen-bond donors (Lipinski definition) is 1. The molecule has 1 N–H and O–H groups in total. The number of benzene rings is 2. The van der Waals surface area contributed by atoms with E-state index >= 15 is 0 Å². The normalized spacial score (nSPS) is 24.1. The van der Waals surface area contributed by atoms with Crippen LogP contribution in [0.2, 0.25) is 0 Å². The molecule has 0 spiro atoms. The molecule has 2 aliphatic heterocycles. The van der Waals surface area contributed by atoms with Crippen LogP contribution in [0, 0.1) is 17.1 Å². The van der Waals surface area contributed by atoms with Crippen molar-refractivity contribution in [3.63, 3.8) is 0 Å². The Kier molecular flexibility index (Phi) is 4.61. The van der Waals surface area contributed by atoms with Crippen molar-refractivity contribution in [2.45, 2.75) is 18.1 Å². The number of halogens is 1. The number of allylic oxidation sites excluding steroid dienone is 1. The number of fused-ring (bicyclic) bond motifs is 1. The van der Waals surface area contributed by atoms with Crippen LogP contribution in [0.15, 0.2) is 59.1 Å². The quantitative estimate of drug-likeness (QED) is 0.860.